The molecule has 0 aliphatic carbocycles. The van der Waals surface area contributed by atoms with E-state index in [2.05, 4.69) is 15.6 Å². The molecule has 0 radical (unpaired) electrons. The highest BCUT2D eigenvalue weighted by Gasteiger charge is 2.18. The minimum absolute atomic E-state index is 0.0557. The molecule has 0 unspecified atom stereocenters. The summed E-state index contributed by atoms with van der Waals surface area (Å²) in [4.78, 5) is 43.3. The Morgan fingerprint density at radius 2 is 1.58 bits per heavy atom. The van der Waals surface area contributed by atoms with Gasteiger partial charge in [0.15, 0.2) is 0 Å². The molecule has 0 saturated heterocycles. The Hall–Kier alpha value is -4.26. The van der Waals surface area contributed by atoms with Crippen LogP contribution >= 0.6 is 0 Å². The van der Waals surface area contributed by atoms with Crippen molar-refractivity contribution in [3.63, 3.8) is 0 Å². The Bertz CT molecular complexity index is 1400. The predicted octanol–water partition coefficient (Wildman–Crippen LogP) is 4.21. The topological polar surface area (TPSA) is 93.1 Å². The van der Waals surface area contributed by atoms with Gasteiger partial charge >= 0.3 is 0 Å². The summed E-state index contributed by atoms with van der Waals surface area (Å²) in [6, 6.07) is 18.1. The molecular weight excluding hydrogens is 416 g/mol. The van der Waals surface area contributed by atoms with Gasteiger partial charge < -0.3 is 15.2 Å². The second-order valence-electron chi connectivity index (χ2n) is 8.07. The average Bonchev–Trinajstić information content (AvgIpc) is 2.75. The second kappa shape index (κ2) is 9.08. The van der Waals surface area contributed by atoms with E-state index in [1.54, 1.807) is 35.8 Å². The molecule has 166 valence electrons. The first-order valence-corrected chi connectivity index (χ1v) is 10.6. The van der Waals surface area contributed by atoms with Crippen molar-refractivity contribution in [3.8, 4) is 0 Å². The zero-order valence-electron chi connectivity index (χ0n) is 18.7. The fraction of sp³-hybridized carbons (Fsp3) is 0.154. The molecule has 2 aromatic heterocycles. The lowest BCUT2D eigenvalue weighted by Crippen LogP contribution is -2.27. The molecule has 4 aromatic rings. The number of hydrogen-bond acceptors (Lipinski definition) is 4. The summed E-state index contributed by atoms with van der Waals surface area (Å²) >= 11 is 0. The fourth-order valence-corrected chi connectivity index (χ4v) is 3.76. The lowest BCUT2D eigenvalue weighted by molar-refractivity contribution is -0.116. The largest absolute Gasteiger partial charge is 0.325 e. The van der Waals surface area contributed by atoms with Gasteiger partial charge in [0.2, 0.25) is 11.3 Å². The zero-order chi connectivity index (χ0) is 23.5. The first-order valence-electron chi connectivity index (χ1n) is 10.6. The maximum absolute atomic E-state index is 13.1. The molecule has 2 N–H and O–H groups in total. The summed E-state index contributed by atoms with van der Waals surface area (Å²) in [5.41, 5.74) is 3.82. The van der Waals surface area contributed by atoms with Gasteiger partial charge in [-0.3, -0.25) is 14.4 Å². The SMILES string of the molecule is Cc1cc(C)cc(NC(=O)c2cn(CC(=O)Nc3ccccc3)c3nc(C)ccc3c2=O)c1. The van der Waals surface area contributed by atoms with Crippen LogP contribution in [-0.2, 0) is 11.3 Å². The van der Waals surface area contributed by atoms with Crippen molar-refractivity contribution in [2.24, 2.45) is 0 Å². The number of amides is 2. The van der Waals surface area contributed by atoms with Gasteiger partial charge in [-0.25, -0.2) is 4.98 Å². The van der Waals surface area contributed by atoms with Gasteiger partial charge in [0.1, 0.15) is 17.8 Å². The number of aryl methyl sites for hydroxylation is 3. The van der Waals surface area contributed by atoms with E-state index < -0.39 is 11.3 Å². The summed E-state index contributed by atoms with van der Waals surface area (Å²) in [7, 11) is 0. The van der Waals surface area contributed by atoms with Crippen molar-refractivity contribution >= 4 is 34.2 Å². The van der Waals surface area contributed by atoms with E-state index in [1.807, 2.05) is 50.2 Å². The number of hydrogen-bond donors (Lipinski definition) is 2. The molecule has 33 heavy (non-hydrogen) atoms. The van der Waals surface area contributed by atoms with Crippen molar-refractivity contribution in [2.45, 2.75) is 27.3 Å². The molecule has 0 atom stereocenters. The lowest BCUT2D eigenvalue weighted by Gasteiger charge is -2.14. The third-order valence-electron chi connectivity index (χ3n) is 5.16. The molecule has 7 nitrogen and oxygen atoms in total. The molecule has 7 heteroatoms. The summed E-state index contributed by atoms with van der Waals surface area (Å²) < 4.78 is 1.54. The van der Waals surface area contributed by atoms with Gasteiger partial charge in [-0.05, 0) is 68.3 Å². The van der Waals surface area contributed by atoms with Crippen LogP contribution in [0.4, 0.5) is 11.4 Å². The number of para-hydroxylation sites is 1. The van der Waals surface area contributed by atoms with Gasteiger partial charge in [-0.15, -0.1) is 0 Å². The molecule has 2 aromatic carbocycles. The minimum atomic E-state index is -0.537. The number of fused-ring (bicyclic) bond motifs is 1. The second-order valence-corrected chi connectivity index (χ2v) is 8.07. The molecule has 4 rings (SSSR count). The van der Waals surface area contributed by atoms with Crippen LogP contribution in [0, 0.1) is 20.8 Å². The molecular formula is C26H24N4O3. The molecule has 0 fully saturated rings. The normalized spacial score (nSPS) is 10.8. The van der Waals surface area contributed by atoms with E-state index in [4.69, 9.17) is 0 Å². The lowest BCUT2D eigenvalue weighted by atomic mass is 10.1. The molecule has 0 bridgehead atoms. The van der Waals surface area contributed by atoms with Crippen LogP contribution in [-0.4, -0.2) is 21.4 Å². The van der Waals surface area contributed by atoms with Crippen molar-refractivity contribution < 1.29 is 9.59 Å². The number of pyridine rings is 2. The van der Waals surface area contributed by atoms with Gasteiger partial charge in [0.05, 0.1) is 5.39 Å². The molecule has 0 aliphatic rings. The van der Waals surface area contributed by atoms with Crippen LogP contribution in [0.15, 0.2) is 71.7 Å². The number of carbonyl (C=O) groups excluding carboxylic acids is 2. The van der Waals surface area contributed by atoms with E-state index in [0.29, 0.717) is 22.7 Å². The fourth-order valence-electron chi connectivity index (χ4n) is 3.76. The molecule has 0 aliphatic heterocycles. The van der Waals surface area contributed by atoms with Gasteiger partial charge in [0.25, 0.3) is 5.91 Å². The highest BCUT2D eigenvalue weighted by atomic mass is 16.2. The summed E-state index contributed by atoms with van der Waals surface area (Å²) in [6.07, 6.45) is 1.40. The number of carbonyl (C=O) groups is 2. The standard InChI is InChI=1S/C26H24N4O3/c1-16-11-17(2)13-20(12-16)29-26(33)22-14-30(15-23(31)28-19-7-5-4-6-8-19)25-21(24(22)32)10-9-18(3)27-25/h4-14H,15H2,1-3H3,(H,28,31)(H,29,33). The number of rotatable bonds is 5. The van der Waals surface area contributed by atoms with Gasteiger partial charge in [-0.2, -0.15) is 0 Å². The van der Waals surface area contributed by atoms with Crippen molar-refractivity contribution in [3.05, 3.63) is 99.5 Å². The van der Waals surface area contributed by atoms with Crippen LogP contribution in [0.2, 0.25) is 0 Å². The first kappa shape index (κ1) is 22.0. The van der Waals surface area contributed by atoms with E-state index in [-0.39, 0.29) is 23.4 Å². The van der Waals surface area contributed by atoms with Crippen molar-refractivity contribution in [1.82, 2.24) is 9.55 Å². The predicted molar refractivity (Wildman–Crippen MR) is 130 cm³/mol. The Kier molecular flexibility index (Phi) is 6.04. The van der Waals surface area contributed by atoms with E-state index in [9.17, 15) is 14.4 Å². The molecule has 2 heterocycles. The maximum atomic E-state index is 13.1. The van der Waals surface area contributed by atoms with Crippen LogP contribution in [0.25, 0.3) is 11.0 Å². The first-order chi connectivity index (χ1) is 15.8. The summed E-state index contributed by atoms with van der Waals surface area (Å²) in [5.74, 6) is -0.834. The van der Waals surface area contributed by atoms with Crippen LogP contribution in [0.3, 0.4) is 0 Å². The average molecular weight is 441 g/mol. The summed E-state index contributed by atoms with van der Waals surface area (Å²) in [6.45, 7) is 5.57. The highest BCUT2D eigenvalue weighted by molar-refractivity contribution is 6.05. The number of benzene rings is 2. The van der Waals surface area contributed by atoms with Crippen LogP contribution < -0.4 is 16.1 Å². The van der Waals surface area contributed by atoms with Crippen molar-refractivity contribution in [1.29, 1.82) is 0 Å². The number of aromatic nitrogens is 2. The van der Waals surface area contributed by atoms with E-state index >= 15 is 0 Å². The molecule has 0 spiro atoms. The number of nitrogens with one attached hydrogen (secondary N) is 2. The molecule has 2 amide bonds. The number of anilines is 2. The van der Waals surface area contributed by atoms with E-state index in [1.165, 1.54) is 6.20 Å². The van der Waals surface area contributed by atoms with Gasteiger partial charge in [0, 0.05) is 23.3 Å². The Labute approximate surface area is 191 Å². The van der Waals surface area contributed by atoms with Gasteiger partial charge in [-0.1, -0.05) is 24.3 Å². The Morgan fingerprint density at radius 1 is 0.879 bits per heavy atom. The summed E-state index contributed by atoms with van der Waals surface area (Å²) in [5, 5.41) is 5.90. The third-order valence-corrected chi connectivity index (χ3v) is 5.16. The zero-order valence-corrected chi connectivity index (χ0v) is 18.7. The quantitative estimate of drug-likeness (QED) is 0.486. The number of nitrogens with zero attached hydrogens (tertiary/aromatic N) is 2. The van der Waals surface area contributed by atoms with Crippen LogP contribution in [0.1, 0.15) is 27.2 Å². The molecule has 0 saturated carbocycles. The maximum Gasteiger partial charge on any atom is 0.261 e. The smallest absolute Gasteiger partial charge is 0.261 e. The minimum Gasteiger partial charge on any atom is -0.325 e. The Balaban J connectivity index is 1.72. The third kappa shape index (κ3) is 4.98. The highest BCUT2D eigenvalue weighted by Crippen LogP contribution is 2.16. The monoisotopic (exact) mass is 440 g/mol. The van der Waals surface area contributed by atoms with Crippen LogP contribution in [0.5, 0.6) is 0 Å². The van der Waals surface area contributed by atoms with E-state index in [0.717, 1.165) is 11.1 Å². The Morgan fingerprint density at radius 3 is 2.27 bits per heavy atom. The van der Waals surface area contributed by atoms with Crippen molar-refractivity contribution in [2.75, 3.05) is 10.6 Å².